The summed E-state index contributed by atoms with van der Waals surface area (Å²) in [5.74, 6) is 0.395. The van der Waals surface area contributed by atoms with E-state index in [9.17, 15) is 9.59 Å². The Balaban J connectivity index is 1.52. The molecule has 1 amide bonds. The monoisotopic (exact) mass is 488 g/mol. The Kier molecular flexibility index (Phi) is 6.23. The zero-order valence-electron chi connectivity index (χ0n) is 20.2. The van der Waals surface area contributed by atoms with Crippen LogP contribution >= 0.6 is 11.8 Å². The van der Waals surface area contributed by atoms with Crippen molar-refractivity contribution in [3.05, 3.63) is 75.0 Å². The number of carbonyl (C=O) groups is 1. The molecule has 0 radical (unpaired) electrons. The van der Waals surface area contributed by atoms with Crippen LogP contribution in [0.1, 0.15) is 51.2 Å². The molecule has 2 aromatic heterocycles. The van der Waals surface area contributed by atoms with Gasteiger partial charge in [0.2, 0.25) is 5.88 Å². The number of hydrogen-bond acceptors (Lipinski definition) is 6. The number of nitrogens with zero attached hydrogens (tertiary/aromatic N) is 4. The van der Waals surface area contributed by atoms with E-state index in [0.29, 0.717) is 21.5 Å². The van der Waals surface area contributed by atoms with Gasteiger partial charge in [0.05, 0.1) is 4.91 Å². The zero-order chi connectivity index (χ0) is 24.6. The van der Waals surface area contributed by atoms with Crippen LogP contribution in [0.2, 0.25) is 0 Å². The number of hydrogen-bond donors (Lipinski definition) is 0. The molecule has 1 saturated heterocycles. The van der Waals surface area contributed by atoms with E-state index in [-0.39, 0.29) is 28.3 Å². The quantitative estimate of drug-likeness (QED) is 0.469. The molecule has 8 heteroatoms. The molecule has 3 aromatic rings. The summed E-state index contributed by atoms with van der Waals surface area (Å²) in [7, 11) is 0. The van der Waals surface area contributed by atoms with Crippen LogP contribution in [0.15, 0.2) is 63.4 Å². The van der Waals surface area contributed by atoms with E-state index >= 15 is 0 Å². The first-order chi connectivity index (χ1) is 16.8. The molecular formula is C27H28N4O3S. The first-order valence-electron chi connectivity index (χ1n) is 11.9. The Morgan fingerprint density at radius 1 is 1.00 bits per heavy atom. The van der Waals surface area contributed by atoms with Crippen LogP contribution in [-0.2, 0) is 10.2 Å². The number of pyridine rings is 1. The lowest BCUT2D eigenvalue weighted by molar-refractivity contribution is -0.113. The number of likely N-dealkylation sites (tertiary alicyclic amines) is 1. The summed E-state index contributed by atoms with van der Waals surface area (Å²) in [6.45, 7) is 8.23. The minimum absolute atomic E-state index is 0.0141. The topological polar surface area (TPSA) is 76.3 Å². The highest BCUT2D eigenvalue weighted by molar-refractivity contribution is 8.18. The van der Waals surface area contributed by atoms with Crippen LogP contribution in [0.4, 0.5) is 0 Å². The second kappa shape index (κ2) is 9.34. The summed E-state index contributed by atoms with van der Waals surface area (Å²) in [6, 6.07) is 13.1. The minimum Gasteiger partial charge on any atom is -0.438 e. The lowest BCUT2D eigenvalue weighted by Crippen LogP contribution is -2.33. The summed E-state index contributed by atoms with van der Waals surface area (Å²) in [4.78, 5) is 37.6. The molecule has 0 spiro atoms. The van der Waals surface area contributed by atoms with Gasteiger partial charge in [0.25, 0.3) is 11.5 Å². The molecule has 2 aliphatic rings. The standard InChI is InChI=1S/C27H28N4O3S/c1-27(2,3)18-10-12-19(13-11-18)34-24-20(25(33)31-16-8-5-9-22(31)28-24)17-21-23(32)29-26(35-21)30-14-6-4-7-15-30/h5,8-13,16-17H,4,6-7,14-15H2,1-3H3. The number of amides is 1. The van der Waals surface area contributed by atoms with Crippen LogP contribution < -0.4 is 10.3 Å². The number of carbonyl (C=O) groups excluding carboxylic acids is 1. The van der Waals surface area contributed by atoms with Crippen molar-refractivity contribution in [1.82, 2.24) is 14.3 Å². The van der Waals surface area contributed by atoms with Crippen molar-refractivity contribution in [2.45, 2.75) is 45.4 Å². The van der Waals surface area contributed by atoms with E-state index in [1.54, 1.807) is 24.4 Å². The van der Waals surface area contributed by atoms with Crippen molar-refractivity contribution in [2.24, 2.45) is 4.99 Å². The molecule has 0 aliphatic carbocycles. The van der Waals surface area contributed by atoms with E-state index in [4.69, 9.17) is 4.74 Å². The third-order valence-electron chi connectivity index (χ3n) is 6.18. The molecule has 0 unspecified atom stereocenters. The van der Waals surface area contributed by atoms with Gasteiger partial charge in [-0.05, 0) is 72.3 Å². The van der Waals surface area contributed by atoms with Gasteiger partial charge in [-0.2, -0.15) is 9.98 Å². The molecule has 5 rings (SSSR count). The predicted molar refractivity (Wildman–Crippen MR) is 140 cm³/mol. The van der Waals surface area contributed by atoms with E-state index in [0.717, 1.165) is 25.9 Å². The maximum absolute atomic E-state index is 13.4. The Morgan fingerprint density at radius 2 is 1.74 bits per heavy atom. The lowest BCUT2D eigenvalue weighted by atomic mass is 9.87. The van der Waals surface area contributed by atoms with Crippen LogP contribution in [0, 0.1) is 0 Å². The number of amidine groups is 1. The largest absolute Gasteiger partial charge is 0.438 e. The molecule has 0 saturated carbocycles. The van der Waals surface area contributed by atoms with Gasteiger partial charge in [0, 0.05) is 19.3 Å². The van der Waals surface area contributed by atoms with Gasteiger partial charge in [-0.25, -0.2) is 0 Å². The van der Waals surface area contributed by atoms with Gasteiger partial charge in [0.15, 0.2) is 5.17 Å². The highest BCUT2D eigenvalue weighted by atomic mass is 32.2. The first kappa shape index (κ1) is 23.4. The van der Waals surface area contributed by atoms with Crippen LogP contribution in [-0.4, -0.2) is 38.4 Å². The maximum Gasteiger partial charge on any atom is 0.286 e. The number of fused-ring (bicyclic) bond motifs is 1. The van der Waals surface area contributed by atoms with Crippen LogP contribution in [0.3, 0.4) is 0 Å². The molecule has 2 aliphatic heterocycles. The van der Waals surface area contributed by atoms with Gasteiger partial charge in [-0.1, -0.05) is 39.0 Å². The summed E-state index contributed by atoms with van der Waals surface area (Å²) >= 11 is 1.31. The van der Waals surface area contributed by atoms with E-state index < -0.39 is 0 Å². The summed E-state index contributed by atoms with van der Waals surface area (Å²) in [5, 5.41) is 0.704. The van der Waals surface area contributed by atoms with Gasteiger partial charge < -0.3 is 9.64 Å². The van der Waals surface area contributed by atoms with Crippen molar-refractivity contribution >= 4 is 34.6 Å². The second-order valence-corrected chi connectivity index (χ2v) is 10.8. The molecule has 1 fully saturated rings. The fraction of sp³-hybridized carbons (Fsp3) is 0.333. The number of thioether (sulfide) groups is 1. The SMILES string of the molecule is CC(C)(C)c1ccc(Oc2nc3ccccn3c(=O)c2C=C2SC(N3CCCCC3)=NC2=O)cc1. The number of aliphatic imine (C=N–C) groups is 1. The van der Waals surface area contributed by atoms with Crippen molar-refractivity contribution in [2.75, 3.05) is 13.1 Å². The molecule has 7 nitrogen and oxygen atoms in total. The smallest absolute Gasteiger partial charge is 0.286 e. The molecular weight excluding hydrogens is 460 g/mol. The number of rotatable bonds is 3. The number of benzene rings is 1. The van der Waals surface area contributed by atoms with E-state index in [1.165, 1.54) is 28.1 Å². The maximum atomic E-state index is 13.4. The summed E-state index contributed by atoms with van der Waals surface area (Å²) in [5.41, 5.74) is 1.58. The fourth-order valence-corrected chi connectivity index (χ4v) is 5.11. The van der Waals surface area contributed by atoms with Crippen LogP contribution in [0.25, 0.3) is 11.7 Å². The third kappa shape index (κ3) is 4.89. The molecule has 180 valence electrons. The van der Waals surface area contributed by atoms with Gasteiger partial charge in [-0.3, -0.25) is 14.0 Å². The molecule has 35 heavy (non-hydrogen) atoms. The van der Waals surface area contributed by atoms with E-state index in [1.807, 2.05) is 30.3 Å². The van der Waals surface area contributed by atoms with Crippen molar-refractivity contribution in [1.29, 1.82) is 0 Å². The average Bonchev–Trinajstić information content (AvgIpc) is 3.22. The lowest BCUT2D eigenvalue weighted by Gasteiger charge is -2.27. The zero-order valence-corrected chi connectivity index (χ0v) is 21.0. The molecule has 0 N–H and O–H groups in total. The number of piperidine rings is 1. The number of aromatic nitrogens is 2. The highest BCUT2D eigenvalue weighted by Gasteiger charge is 2.28. The molecule has 0 bridgehead atoms. The number of ether oxygens (including phenoxy) is 1. The van der Waals surface area contributed by atoms with Gasteiger partial charge in [0.1, 0.15) is 17.0 Å². The fourth-order valence-electron chi connectivity index (χ4n) is 4.17. The molecule has 4 heterocycles. The average molecular weight is 489 g/mol. The van der Waals surface area contributed by atoms with Gasteiger partial charge >= 0.3 is 0 Å². The minimum atomic E-state index is -0.339. The first-order valence-corrected chi connectivity index (χ1v) is 12.7. The second-order valence-electron chi connectivity index (χ2n) is 9.80. The van der Waals surface area contributed by atoms with Crippen molar-refractivity contribution in [3.63, 3.8) is 0 Å². The van der Waals surface area contributed by atoms with Crippen molar-refractivity contribution in [3.8, 4) is 11.6 Å². The summed E-state index contributed by atoms with van der Waals surface area (Å²) < 4.78 is 7.57. The molecule has 0 atom stereocenters. The predicted octanol–water partition coefficient (Wildman–Crippen LogP) is 5.24. The van der Waals surface area contributed by atoms with Crippen LogP contribution in [0.5, 0.6) is 11.6 Å². The Hall–Kier alpha value is -3.39. The Bertz CT molecular complexity index is 1390. The highest BCUT2D eigenvalue weighted by Crippen LogP contribution is 2.33. The Morgan fingerprint density at radius 3 is 2.46 bits per heavy atom. The van der Waals surface area contributed by atoms with Gasteiger partial charge in [-0.15, -0.1) is 0 Å². The Labute approximate surface area is 208 Å². The van der Waals surface area contributed by atoms with E-state index in [2.05, 4.69) is 35.6 Å². The normalized spacial score (nSPS) is 17.8. The van der Waals surface area contributed by atoms with Crippen molar-refractivity contribution < 1.29 is 9.53 Å². The molecule has 1 aromatic carbocycles. The third-order valence-corrected chi connectivity index (χ3v) is 7.22. The summed E-state index contributed by atoms with van der Waals surface area (Å²) in [6.07, 6.45) is 6.61.